The van der Waals surface area contributed by atoms with Gasteiger partial charge in [0.15, 0.2) is 0 Å². The Bertz CT molecular complexity index is 907. The molecule has 0 aliphatic carbocycles. The second-order valence-corrected chi connectivity index (χ2v) is 5.47. The van der Waals surface area contributed by atoms with Gasteiger partial charge in [0, 0.05) is 31.1 Å². The zero-order valence-electron chi connectivity index (χ0n) is 13.4. The molecule has 0 radical (unpaired) electrons. The lowest BCUT2D eigenvalue weighted by Gasteiger charge is -2.27. The molecule has 0 saturated carbocycles. The van der Waals surface area contributed by atoms with Crippen LogP contribution < -0.4 is 10.6 Å². The van der Waals surface area contributed by atoms with Crippen molar-refractivity contribution in [3.05, 3.63) is 65.8 Å². The van der Waals surface area contributed by atoms with Gasteiger partial charge < -0.3 is 15.1 Å². The Kier molecular flexibility index (Phi) is 4.61. The molecule has 0 fully saturated rings. The third-order valence-electron chi connectivity index (χ3n) is 3.80. The van der Waals surface area contributed by atoms with E-state index in [1.165, 1.54) is 24.5 Å². The van der Waals surface area contributed by atoms with E-state index in [-0.39, 0.29) is 5.56 Å². The maximum absolute atomic E-state index is 13.7. The lowest BCUT2D eigenvalue weighted by molar-refractivity contribution is 0.477. The van der Waals surface area contributed by atoms with Crippen molar-refractivity contribution in [3.8, 4) is 6.07 Å². The topological polar surface area (TPSA) is 91.4 Å². The number of benzene rings is 1. The number of nitriles is 1. The molecule has 1 aliphatic rings. The molecular formula is C18H16FN5O. The normalized spacial score (nSPS) is 14.4. The van der Waals surface area contributed by atoms with Crippen LogP contribution in [0.15, 0.2) is 46.5 Å². The fraction of sp³-hybridized carbons (Fsp3) is 0.167. The van der Waals surface area contributed by atoms with E-state index in [1.807, 2.05) is 11.0 Å². The molecule has 0 unspecified atom stereocenters. The summed E-state index contributed by atoms with van der Waals surface area (Å²) in [4.78, 5) is 10.2. The van der Waals surface area contributed by atoms with Crippen molar-refractivity contribution in [1.29, 1.82) is 5.26 Å². The van der Waals surface area contributed by atoms with Gasteiger partial charge in [0.2, 0.25) is 5.89 Å². The van der Waals surface area contributed by atoms with Gasteiger partial charge in [0.25, 0.3) is 0 Å². The summed E-state index contributed by atoms with van der Waals surface area (Å²) < 4.78 is 19.4. The average Bonchev–Trinajstić information content (AvgIpc) is 3.04. The minimum absolute atomic E-state index is 0.287. The number of anilines is 1. The first-order chi connectivity index (χ1) is 12.1. The molecular weight excluding hydrogens is 321 g/mol. The molecule has 126 valence electrons. The number of fused-ring (bicyclic) bond motifs is 1. The summed E-state index contributed by atoms with van der Waals surface area (Å²) in [6.07, 6.45) is 5.11. The summed E-state index contributed by atoms with van der Waals surface area (Å²) in [5.74, 6) is 0.661. The number of nitrogens with zero attached hydrogens (tertiary/aromatic N) is 4. The Morgan fingerprint density at radius 1 is 1.48 bits per heavy atom. The summed E-state index contributed by atoms with van der Waals surface area (Å²) in [6, 6.07) is 6.25. The average molecular weight is 337 g/mol. The minimum Gasteiger partial charge on any atom is -0.440 e. The van der Waals surface area contributed by atoms with Crippen LogP contribution in [0.2, 0.25) is 0 Å². The van der Waals surface area contributed by atoms with Crippen molar-refractivity contribution >= 4 is 17.6 Å². The molecule has 0 spiro atoms. The van der Waals surface area contributed by atoms with Crippen LogP contribution >= 0.6 is 0 Å². The third kappa shape index (κ3) is 3.58. The van der Waals surface area contributed by atoms with E-state index >= 15 is 0 Å². The number of halogens is 1. The molecule has 7 heteroatoms. The van der Waals surface area contributed by atoms with Crippen molar-refractivity contribution in [3.63, 3.8) is 0 Å². The van der Waals surface area contributed by atoms with E-state index in [2.05, 4.69) is 16.6 Å². The van der Waals surface area contributed by atoms with Gasteiger partial charge in [-0.3, -0.25) is 4.99 Å². The Morgan fingerprint density at radius 3 is 3.08 bits per heavy atom. The van der Waals surface area contributed by atoms with Gasteiger partial charge in [-0.2, -0.15) is 5.26 Å². The molecule has 0 amide bonds. The molecule has 2 heterocycles. The highest BCUT2D eigenvalue weighted by Crippen LogP contribution is 2.27. The molecule has 2 aromatic rings. The number of allylic oxidation sites excluding steroid dienone is 1. The van der Waals surface area contributed by atoms with Crippen molar-refractivity contribution in [1.82, 2.24) is 4.98 Å². The number of oxazole rings is 1. The minimum atomic E-state index is -0.436. The molecule has 6 nitrogen and oxygen atoms in total. The summed E-state index contributed by atoms with van der Waals surface area (Å²) in [5.41, 5.74) is 7.98. The number of aliphatic imine (C=N–C) groups is 1. The molecule has 1 aliphatic heterocycles. The van der Waals surface area contributed by atoms with Gasteiger partial charge in [0.05, 0.1) is 23.9 Å². The largest absolute Gasteiger partial charge is 0.440 e. The first kappa shape index (κ1) is 16.5. The van der Waals surface area contributed by atoms with E-state index in [4.69, 9.17) is 15.4 Å². The Labute approximate surface area is 144 Å². The van der Waals surface area contributed by atoms with Gasteiger partial charge in [-0.1, -0.05) is 6.58 Å². The number of nitrogens with two attached hydrogens (primary N) is 1. The van der Waals surface area contributed by atoms with Crippen molar-refractivity contribution < 1.29 is 8.81 Å². The van der Waals surface area contributed by atoms with Gasteiger partial charge in [-0.25, -0.2) is 9.37 Å². The Balaban J connectivity index is 1.84. The van der Waals surface area contributed by atoms with Crippen LogP contribution in [0.1, 0.15) is 22.9 Å². The molecule has 0 saturated heterocycles. The van der Waals surface area contributed by atoms with Crippen LogP contribution in [0.5, 0.6) is 0 Å². The van der Waals surface area contributed by atoms with E-state index < -0.39 is 5.82 Å². The smallest absolute Gasteiger partial charge is 0.242 e. The lowest BCUT2D eigenvalue weighted by atomic mass is 10.1. The Morgan fingerprint density at radius 2 is 2.32 bits per heavy atom. The predicted octanol–water partition coefficient (Wildman–Crippen LogP) is 2.76. The zero-order valence-corrected chi connectivity index (χ0v) is 13.4. The standard InChI is InChI=1S/C18H16FN5O/c1-2-22-5-3-15(21)18-23-16-11-24(6-4-17(16)25-18)14-8-12(10-20)7-13(19)9-14/h2-3,5,7-9H,1,4,6,11,21H2/b15-3-,22-5?. The number of rotatable bonds is 4. The maximum Gasteiger partial charge on any atom is 0.242 e. The van der Waals surface area contributed by atoms with Gasteiger partial charge in [-0.15, -0.1) is 0 Å². The molecule has 2 N–H and O–H groups in total. The molecule has 3 rings (SSSR count). The van der Waals surface area contributed by atoms with Crippen molar-refractivity contribution in [2.24, 2.45) is 10.7 Å². The van der Waals surface area contributed by atoms with Crippen molar-refractivity contribution in [2.75, 3.05) is 11.4 Å². The van der Waals surface area contributed by atoms with Crippen LogP contribution in [0, 0.1) is 17.1 Å². The van der Waals surface area contributed by atoms with Gasteiger partial charge in [-0.05, 0) is 24.3 Å². The highest BCUT2D eigenvalue weighted by molar-refractivity contribution is 5.81. The monoisotopic (exact) mass is 337 g/mol. The number of aromatic nitrogens is 1. The Hall–Kier alpha value is -3.40. The highest BCUT2D eigenvalue weighted by atomic mass is 19.1. The zero-order chi connectivity index (χ0) is 17.8. The van der Waals surface area contributed by atoms with Gasteiger partial charge in [0.1, 0.15) is 17.3 Å². The van der Waals surface area contributed by atoms with Crippen LogP contribution in [-0.4, -0.2) is 17.7 Å². The summed E-state index contributed by atoms with van der Waals surface area (Å²) in [7, 11) is 0. The molecule has 1 aromatic carbocycles. The van der Waals surface area contributed by atoms with Crippen LogP contribution in [0.4, 0.5) is 10.1 Å². The summed E-state index contributed by atoms with van der Waals surface area (Å²) in [5, 5.41) is 9.00. The molecule has 1 aromatic heterocycles. The quantitative estimate of drug-likeness (QED) is 0.866. The van der Waals surface area contributed by atoms with E-state index in [9.17, 15) is 4.39 Å². The summed E-state index contributed by atoms with van der Waals surface area (Å²) in [6.45, 7) is 4.58. The first-order valence-electron chi connectivity index (χ1n) is 7.65. The van der Waals surface area contributed by atoms with Crippen molar-refractivity contribution in [2.45, 2.75) is 13.0 Å². The third-order valence-corrected chi connectivity index (χ3v) is 3.80. The highest BCUT2D eigenvalue weighted by Gasteiger charge is 2.23. The second kappa shape index (κ2) is 7.01. The van der Waals surface area contributed by atoms with E-state index in [1.54, 1.807) is 12.1 Å². The lowest BCUT2D eigenvalue weighted by Crippen LogP contribution is -2.30. The first-order valence-corrected chi connectivity index (χ1v) is 7.65. The fourth-order valence-electron chi connectivity index (χ4n) is 2.62. The summed E-state index contributed by atoms with van der Waals surface area (Å²) >= 11 is 0. The van der Waals surface area contributed by atoms with Crippen LogP contribution in [-0.2, 0) is 13.0 Å². The maximum atomic E-state index is 13.7. The van der Waals surface area contributed by atoms with E-state index in [0.717, 1.165) is 11.5 Å². The number of hydrogen-bond donors (Lipinski definition) is 1. The van der Waals surface area contributed by atoms with E-state index in [0.29, 0.717) is 36.8 Å². The van der Waals surface area contributed by atoms with Crippen LogP contribution in [0.25, 0.3) is 5.70 Å². The second-order valence-electron chi connectivity index (χ2n) is 5.47. The predicted molar refractivity (Wildman–Crippen MR) is 93.2 cm³/mol. The fourth-order valence-corrected chi connectivity index (χ4v) is 2.62. The SMILES string of the molecule is C=CN=C/C=C(\N)c1nc2c(o1)CCN(c1cc(F)cc(C#N)c1)C2. The number of hydrogen-bond acceptors (Lipinski definition) is 6. The van der Waals surface area contributed by atoms with Gasteiger partial charge >= 0.3 is 0 Å². The molecule has 0 atom stereocenters. The van der Waals surface area contributed by atoms with Crippen LogP contribution in [0.3, 0.4) is 0 Å². The molecule has 0 bridgehead atoms. The molecule has 25 heavy (non-hydrogen) atoms.